The van der Waals surface area contributed by atoms with Gasteiger partial charge in [0.25, 0.3) is 0 Å². The zero-order chi connectivity index (χ0) is 15.5. The molecule has 1 saturated carbocycles. The summed E-state index contributed by atoms with van der Waals surface area (Å²) in [4.78, 5) is 0.402. The normalized spacial score (nSPS) is 23.2. The third kappa shape index (κ3) is 4.30. The fraction of sp³-hybridized carbons (Fsp3) is 0.625. The van der Waals surface area contributed by atoms with Crippen molar-refractivity contribution in [3.8, 4) is 0 Å². The summed E-state index contributed by atoms with van der Waals surface area (Å²) in [6.07, 6.45) is 4.78. The van der Waals surface area contributed by atoms with Gasteiger partial charge in [0, 0.05) is 11.9 Å². The van der Waals surface area contributed by atoms with Crippen LogP contribution < -0.4 is 4.72 Å². The molecular weight excluding hydrogens is 350 g/mol. The molecule has 1 fully saturated rings. The summed E-state index contributed by atoms with van der Waals surface area (Å²) in [7, 11) is -3.40. The average molecular weight is 374 g/mol. The quantitative estimate of drug-likeness (QED) is 0.798. The number of nitrogens with one attached hydrogen (secondary N) is 1. The minimum absolute atomic E-state index is 0.402. The molecule has 1 aromatic carbocycles. The van der Waals surface area contributed by atoms with Gasteiger partial charge in [0.05, 0.1) is 4.90 Å². The minimum Gasteiger partial charge on any atom is -0.211 e. The van der Waals surface area contributed by atoms with E-state index in [-0.39, 0.29) is 0 Å². The van der Waals surface area contributed by atoms with Gasteiger partial charge in [-0.2, -0.15) is 0 Å². The molecule has 2 atom stereocenters. The Morgan fingerprint density at radius 1 is 1.19 bits per heavy atom. The van der Waals surface area contributed by atoms with Crippen LogP contribution in [0.1, 0.15) is 36.8 Å². The number of hydrogen-bond acceptors (Lipinski definition) is 2. The molecule has 118 valence electrons. The Morgan fingerprint density at radius 3 is 2.48 bits per heavy atom. The highest BCUT2D eigenvalue weighted by atomic mass is 79.9. The van der Waals surface area contributed by atoms with Crippen molar-refractivity contribution < 1.29 is 8.42 Å². The van der Waals surface area contributed by atoms with Crippen molar-refractivity contribution in [1.82, 2.24) is 4.72 Å². The van der Waals surface area contributed by atoms with Gasteiger partial charge in [-0.15, -0.1) is 0 Å². The number of halogens is 1. The van der Waals surface area contributed by atoms with Crippen LogP contribution in [0.3, 0.4) is 0 Å². The van der Waals surface area contributed by atoms with Gasteiger partial charge in [0.15, 0.2) is 0 Å². The van der Waals surface area contributed by atoms with Crippen LogP contribution in [0.5, 0.6) is 0 Å². The van der Waals surface area contributed by atoms with Crippen LogP contribution >= 0.6 is 15.9 Å². The lowest BCUT2D eigenvalue weighted by Crippen LogP contribution is -2.35. The van der Waals surface area contributed by atoms with Crippen molar-refractivity contribution in [2.45, 2.75) is 44.4 Å². The molecule has 21 heavy (non-hydrogen) atoms. The molecule has 1 aromatic rings. The smallest absolute Gasteiger partial charge is 0.211 e. The van der Waals surface area contributed by atoms with Gasteiger partial charge in [-0.1, -0.05) is 46.5 Å². The van der Waals surface area contributed by atoms with E-state index in [9.17, 15) is 8.42 Å². The van der Waals surface area contributed by atoms with Crippen LogP contribution in [0.2, 0.25) is 0 Å². The number of rotatable bonds is 5. The molecule has 1 N–H and O–H groups in total. The van der Waals surface area contributed by atoms with E-state index in [1.807, 2.05) is 26.0 Å². The van der Waals surface area contributed by atoms with Crippen LogP contribution in [0.4, 0.5) is 0 Å². The first-order chi connectivity index (χ1) is 9.94. The first kappa shape index (κ1) is 17.0. The summed E-state index contributed by atoms with van der Waals surface area (Å²) in [5.41, 5.74) is 1.89. The Bertz CT molecular complexity index is 586. The topological polar surface area (TPSA) is 46.2 Å². The highest BCUT2D eigenvalue weighted by Crippen LogP contribution is 2.31. The lowest BCUT2D eigenvalue weighted by atomic mass is 9.80. The average Bonchev–Trinajstić information content (AvgIpc) is 2.45. The number of aryl methyl sites for hydroxylation is 2. The van der Waals surface area contributed by atoms with E-state index in [0.29, 0.717) is 23.3 Å². The van der Waals surface area contributed by atoms with Crippen LogP contribution in [0.25, 0.3) is 0 Å². The highest BCUT2D eigenvalue weighted by molar-refractivity contribution is 9.09. The SMILES string of the molecule is Cc1ccc(S(=O)(=O)NCC2CCCCC2CBr)c(C)c1. The molecular formula is C16H24BrNO2S. The second-order valence-electron chi connectivity index (χ2n) is 6.08. The first-order valence-corrected chi connectivity index (χ1v) is 10.2. The van der Waals surface area contributed by atoms with Crippen molar-refractivity contribution >= 4 is 26.0 Å². The van der Waals surface area contributed by atoms with Crippen molar-refractivity contribution in [1.29, 1.82) is 0 Å². The zero-order valence-corrected chi connectivity index (χ0v) is 15.1. The Hall–Kier alpha value is -0.390. The van der Waals surface area contributed by atoms with Gasteiger partial charge in [-0.25, -0.2) is 13.1 Å². The fourth-order valence-electron chi connectivity index (χ4n) is 3.15. The van der Waals surface area contributed by atoms with Crippen molar-refractivity contribution in [3.63, 3.8) is 0 Å². The molecule has 1 aliphatic rings. The summed E-state index contributed by atoms with van der Waals surface area (Å²) in [6.45, 7) is 4.37. The highest BCUT2D eigenvalue weighted by Gasteiger charge is 2.26. The summed E-state index contributed by atoms with van der Waals surface area (Å²) >= 11 is 3.56. The van der Waals surface area contributed by atoms with E-state index in [4.69, 9.17) is 0 Å². The maximum atomic E-state index is 12.5. The zero-order valence-electron chi connectivity index (χ0n) is 12.7. The first-order valence-electron chi connectivity index (χ1n) is 7.57. The van der Waals surface area contributed by atoms with Gasteiger partial charge in [-0.3, -0.25) is 0 Å². The van der Waals surface area contributed by atoms with E-state index in [1.165, 1.54) is 19.3 Å². The molecule has 0 aliphatic heterocycles. The van der Waals surface area contributed by atoms with E-state index in [2.05, 4.69) is 20.7 Å². The molecule has 0 amide bonds. The molecule has 0 radical (unpaired) electrons. The summed E-state index contributed by atoms with van der Waals surface area (Å²) in [6, 6.07) is 5.47. The molecule has 5 heteroatoms. The number of hydrogen-bond donors (Lipinski definition) is 1. The van der Waals surface area contributed by atoms with Crippen LogP contribution in [-0.4, -0.2) is 20.3 Å². The van der Waals surface area contributed by atoms with Gasteiger partial charge < -0.3 is 0 Å². The standard InChI is InChI=1S/C16H24BrNO2S/c1-12-7-8-16(13(2)9-12)21(19,20)18-11-15-6-4-3-5-14(15)10-17/h7-9,14-15,18H,3-6,10-11H2,1-2H3. The van der Waals surface area contributed by atoms with Crippen LogP contribution in [0, 0.1) is 25.7 Å². The third-order valence-corrected chi connectivity index (χ3v) is 6.84. The molecule has 2 rings (SSSR count). The fourth-order valence-corrected chi connectivity index (χ4v) is 5.32. The molecule has 0 saturated heterocycles. The Morgan fingerprint density at radius 2 is 1.86 bits per heavy atom. The van der Waals surface area contributed by atoms with Crippen LogP contribution in [-0.2, 0) is 10.0 Å². The monoisotopic (exact) mass is 373 g/mol. The maximum Gasteiger partial charge on any atom is 0.240 e. The Kier molecular flexibility index (Phi) is 5.86. The molecule has 0 heterocycles. The minimum atomic E-state index is -3.40. The lowest BCUT2D eigenvalue weighted by molar-refractivity contribution is 0.263. The third-order valence-electron chi connectivity index (χ3n) is 4.42. The molecule has 0 bridgehead atoms. The number of alkyl halides is 1. The number of benzene rings is 1. The van der Waals surface area contributed by atoms with Gasteiger partial charge in [-0.05, 0) is 50.2 Å². The second kappa shape index (κ2) is 7.25. The summed E-state index contributed by atoms with van der Waals surface area (Å²) in [5.74, 6) is 1.03. The maximum absolute atomic E-state index is 12.5. The molecule has 3 nitrogen and oxygen atoms in total. The van der Waals surface area contributed by atoms with Gasteiger partial charge >= 0.3 is 0 Å². The largest absolute Gasteiger partial charge is 0.240 e. The van der Waals surface area contributed by atoms with E-state index in [1.54, 1.807) is 6.07 Å². The predicted molar refractivity (Wildman–Crippen MR) is 90.3 cm³/mol. The predicted octanol–water partition coefficient (Wildman–Crippen LogP) is 3.78. The summed E-state index contributed by atoms with van der Waals surface area (Å²) in [5, 5.41) is 0.961. The number of sulfonamides is 1. The van der Waals surface area contributed by atoms with Gasteiger partial charge in [0.2, 0.25) is 10.0 Å². The molecule has 2 unspecified atom stereocenters. The van der Waals surface area contributed by atoms with E-state index >= 15 is 0 Å². The lowest BCUT2D eigenvalue weighted by Gasteiger charge is -2.30. The van der Waals surface area contributed by atoms with Crippen LogP contribution in [0.15, 0.2) is 23.1 Å². The Balaban J connectivity index is 2.07. The molecule has 0 spiro atoms. The van der Waals surface area contributed by atoms with Crippen molar-refractivity contribution in [2.24, 2.45) is 11.8 Å². The van der Waals surface area contributed by atoms with E-state index in [0.717, 1.165) is 22.9 Å². The Labute approximate surface area is 136 Å². The van der Waals surface area contributed by atoms with Gasteiger partial charge in [0.1, 0.15) is 0 Å². The van der Waals surface area contributed by atoms with Crippen molar-refractivity contribution in [3.05, 3.63) is 29.3 Å². The second-order valence-corrected chi connectivity index (χ2v) is 8.46. The van der Waals surface area contributed by atoms with Crippen molar-refractivity contribution in [2.75, 3.05) is 11.9 Å². The van der Waals surface area contributed by atoms with E-state index < -0.39 is 10.0 Å². The molecule has 0 aromatic heterocycles. The summed E-state index contributed by atoms with van der Waals surface area (Å²) < 4.78 is 27.8. The molecule has 1 aliphatic carbocycles.